The number of hydrogen-bond acceptors (Lipinski definition) is 1. The van der Waals surface area contributed by atoms with Gasteiger partial charge in [-0.25, -0.2) is 0 Å². The van der Waals surface area contributed by atoms with Crippen molar-refractivity contribution in [1.82, 2.24) is 4.90 Å². The highest BCUT2D eigenvalue weighted by atomic mass is 15.2. The molecule has 1 rings (SSSR count). The van der Waals surface area contributed by atoms with Crippen LogP contribution in [0.1, 0.15) is 60.3 Å². The Morgan fingerprint density at radius 2 is 1.54 bits per heavy atom. The van der Waals surface area contributed by atoms with Crippen LogP contribution in [0.25, 0.3) is 0 Å². The molecule has 0 aromatic heterocycles. The van der Waals surface area contributed by atoms with Gasteiger partial charge in [0.25, 0.3) is 0 Å². The molecule has 1 atom stereocenters. The van der Waals surface area contributed by atoms with Crippen molar-refractivity contribution in [3.63, 3.8) is 0 Å². The van der Waals surface area contributed by atoms with E-state index in [1.807, 2.05) is 13.8 Å². The van der Waals surface area contributed by atoms with Crippen molar-refractivity contribution in [1.29, 1.82) is 0 Å². The van der Waals surface area contributed by atoms with Crippen molar-refractivity contribution in [3.05, 3.63) is 0 Å². The van der Waals surface area contributed by atoms with E-state index in [2.05, 4.69) is 32.7 Å². The van der Waals surface area contributed by atoms with E-state index in [0.717, 1.165) is 6.04 Å². The van der Waals surface area contributed by atoms with Gasteiger partial charge in [-0.05, 0) is 26.9 Å². The van der Waals surface area contributed by atoms with Gasteiger partial charge in [0, 0.05) is 6.04 Å². The molecule has 1 fully saturated rings. The van der Waals surface area contributed by atoms with Gasteiger partial charge in [0.15, 0.2) is 0 Å². The second kappa shape index (κ2) is 12.0. The first-order chi connectivity index (χ1) is 6.22. The Kier molecular flexibility index (Phi) is 14.2. The molecule has 0 aliphatic carbocycles. The van der Waals surface area contributed by atoms with E-state index < -0.39 is 0 Å². The lowest BCUT2D eigenvalue weighted by Gasteiger charge is -2.34. The topological polar surface area (TPSA) is 3.24 Å². The SMILES string of the molecule is CC.CC1CCN1C.CCCCC. The molecule has 1 unspecified atom stereocenters. The smallest absolute Gasteiger partial charge is 0.00760 e. The molecule has 1 aliphatic heterocycles. The Balaban J connectivity index is 0. The molecule has 0 saturated carbocycles. The van der Waals surface area contributed by atoms with E-state index in [1.54, 1.807) is 0 Å². The highest BCUT2D eigenvalue weighted by molar-refractivity contribution is 4.73. The van der Waals surface area contributed by atoms with Crippen LogP contribution in [0.3, 0.4) is 0 Å². The van der Waals surface area contributed by atoms with Gasteiger partial charge >= 0.3 is 0 Å². The third-order valence-electron chi connectivity index (χ3n) is 2.36. The van der Waals surface area contributed by atoms with Gasteiger partial charge in [0.1, 0.15) is 0 Å². The molecule has 0 amide bonds. The average molecular weight is 187 g/mol. The summed E-state index contributed by atoms with van der Waals surface area (Å²) in [5, 5.41) is 0. The molecule has 0 aromatic rings. The van der Waals surface area contributed by atoms with Gasteiger partial charge < -0.3 is 4.90 Å². The summed E-state index contributed by atoms with van der Waals surface area (Å²) in [5.74, 6) is 0. The maximum atomic E-state index is 2.35. The van der Waals surface area contributed by atoms with Gasteiger partial charge in [-0.3, -0.25) is 0 Å². The minimum Gasteiger partial charge on any atom is -0.304 e. The third-order valence-corrected chi connectivity index (χ3v) is 2.36. The lowest BCUT2D eigenvalue weighted by molar-refractivity contribution is 0.143. The van der Waals surface area contributed by atoms with E-state index in [4.69, 9.17) is 0 Å². The van der Waals surface area contributed by atoms with E-state index in [0.29, 0.717) is 0 Å². The van der Waals surface area contributed by atoms with Crippen LogP contribution in [0.4, 0.5) is 0 Å². The van der Waals surface area contributed by atoms with E-state index in [9.17, 15) is 0 Å². The van der Waals surface area contributed by atoms with Crippen LogP contribution in [-0.2, 0) is 0 Å². The number of nitrogens with zero attached hydrogens (tertiary/aromatic N) is 1. The standard InChI is InChI=1S/C5H11N.C5H12.C2H6/c1-5-3-4-6(5)2;1-3-5-4-2;1-2/h5H,3-4H2,1-2H3;3-5H2,1-2H3;1-2H3. The Bertz CT molecular complexity index is 71.2. The maximum Gasteiger partial charge on any atom is 0.00760 e. The molecule has 13 heavy (non-hydrogen) atoms. The molecule has 1 aliphatic rings. The van der Waals surface area contributed by atoms with Crippen LogP contribution in [0.15, 0.2) is 0 Å². The molecule has 1 saturated heterocycles. The molecule has 1 nitrogen and oxygen atoms in total. The summed E-state index contributed by atoms with van der Waals surface area (Å²) < 4.78 is 0. The summed E-state index contributed by atoms with van der Waals surface area (Å²) in [7, 11) is 2.16. The van der Waals surface area contributed by atoms with Crippen molar-refractivity contribution in [2.75, 3.05) is 13.6 Å². The zero-order chi connectivity index (χ0) is 10.7. The van der Waals surface area contributed by atoms with Crippen LogP contribution in [0, 0.1) is 0 Å². The third kappa shape index (κ3) is 9.88. The number of rotatable bonds is 2. The molecule has 0 spiro atoms. The number of unbranched alkanes of at least 4 members (excludes halogenated alkanes) is 2. The first-order valence-electron chi connectivity index (χ1n) is 5.92. The Hall–Kier alpha value is -0.0400. The zero-order valence-electron chi connectivity index (χ0n) is 10.6. The summed E-state index contributed by atoms with van der Waals surface area (Å²) in [4.78, 5) is 2.35. The summed E-state index contributed by atoms with van der Waals surface area (Å²) in [6.07, 6.45) is 5.48. The van der Waals surface area contributed by atoms with E-state index in [-0.39, 0.29) is 0 Å². The molecular formula is C12H29N. The van der Waals surface area contributed by atoms with Crippen LogP contribution >= 0.6 is 0 Å². The molecule has 0 N–H and O–H groups in total. The number of hydrogen-bond donors (Lipinski definition) is 0. The van der Waals surface area contributed by atoms with Crippen molar-refractivity contribution in [2.45, 2.75) is 66.3 Å². The van der Waals surface area contributed by atoms with Gasteiger partial charge in [0.2, 0.25) is 0 Å². The fraction of sp³-hybridized carbons (Fsp3) is 1.00. The molecule has 1 heterocycles. The highest BCUT2D eigenvalue weighted by Gasteiger charge is 2.17. The minimum atomic E-state index is 0.866. The molecule has 0 radical (unpaired) electrons. The number of likely N-dealkylation sites (tertiary alicyclic amines) is 1. The second-order valence-corrected chi connectivity index (χ2v) is 3.47. The molecule has 0 aromatic carbocycles. The Morgan fingerprint density at radius 1 is 1.15 bits per heavy atom. The summed E-state index contributed by atoms with van der Waals surface area (Å²) in [6, 6.07) is 0.866. The van der Waals surface area contributed by atoms with Crippen molar-refractivity contribution in [2.24, 2.45) is 0 Å². The Labute approximate surface area is 85.5 Å². The predicted molar refractivity (Wildman–Crippen MR) is 63.3 cm³/mol. The molecule has 82 valence electrons. The van der Waals surface area contributed by atoms with Gasteiger partial charge in [-0.15, -0.1) is 0 Å². The molecule has 1 heteroatoms. The quantitative estimate of drug-likeness (QED) is 0.633. The Morgan fingerprint density at radius 3 is 1.54 bits per heavy atom. The predicted octanol–water partition coefficient (Wildman–Crippen LogP) is 3.93. The van der Waals surface area contributed by atoms with Crippen molar-refractivity contribution < 1.29 is 0 Å². The summed E-state index contributed by atoms with van der Waals surface area (Å²) in [5.41, 5.74) is 0. The molecular weight excluding hydrogens is 158 g/mol. The summed E-state index contributed by atoms with van der Waals surface area (Å²) >= 11 is 0. The van der Waals surface area contributed by atoms with Crippen LogP contribution in [0.5, 0.6) is 0 Å². The first kappa shape index (κ1) is 15.4. The lowest BCUT2D eigenvalue weighted by atomic mass is 10.1. The van der Waals surface area contributed by atoms with Crippen LogP contribution in [-0.4, -0.2) is 24.5 Å². The van der Waals surface area contributed by atoms with Crippen LogP contribution < -0.4 is 0 Å². The van der Waals surface area contributed by atoms with Crippen molar-refractivity contribution >= 4 is 0 Å². The molecule has 0 bridgehead atoms. The van der Waals surface area contributed by atoms with Crippen molar-refractivity contribution in [3.8, 4) is 0 Å². The normalized spacial score (nSPS) is 20.3. The van der Waals surface area contributed by atoms with E-state index >= 15 is 0 Å². The largest absolute Gasteiger partial charge is 0.304 e. The van der Waals surface area contributed by atoms with E-state index in [1.165, 1.54) is 32.2 Å². The fourth-order valence-corrected chi connectivity index (χ4v) is 0.999. The zero-order valence-corrected chi connectivity index (χ0v) is 10.6. The van der Waals surface area contributed by atoms with Gasteiger partial charge in [0.05, 0.1) is 0 Å². The average Bonchev–Trinajstić information content (AvgIpc) is 2.20. The first-order valence-corrected chi connectivity index (χ1v) is 5.92. The monoisotopic (exact) mass is 187 g/mol. The lowest BCUT2D eigenvalue weighted by Crippen LogP contribution is -2.41. The fourth-order valence-electron chi connectivity index (χ4n) is 0.999. The minimum absolute atomic E-state index is 0.866. The van der Waals surface area contributed by atoms with Crippen LogP contribution in [0.2, 0.25) is 0 Å². The van der Waals surface area contributed by atoms with Gasteiger partial charge in [-0.2, -0.15) is 0 Å². The van der Waals surface area contributed by atoms with Gasteiger partial charge in [-0.1, -0.05) is 47.0 Å². The summed E-state index contributed by atoms with van der Waals surface area (Å²) in [6.45, 7) is 12.0. The second-order valence-electron chi connectivity index (χ2n) is 3.47. The maximum absolute atomic E-state index is 2.35. The highest BCUT2D eigenvalue weighted by Crippen LogP contribution is 2.11.